The zero-order valence-corrected chi connectivity index (χ0v) is 14.6. The number of amides is 1. The molecule has 0 aliphatic rings. The lowest BCUT2D eigenvalue weighted by Crippen LogP contribution is -2.14. The number of rotatable bonds is 5. The minimum atomic E-state index is -0.411. The van der Waals surface area contributed by atoms with E-state index in [1.54, 1.807) is 35.3 Å². The SMILES string of the molecule is COC(=O)c1cccc(-n2cc(NC(=O)Cc3cccc(C)c3)cn2)c1. The molecule has 1 heterocycles. The molecule has 0 aliphatic heterocycles. The minimum absolute atomic E-state index is 0.113. The van der Waals surface area contributed by atoms with E-state index in [-0.39, 0.29) is 5.91 Å². The topological polar surface area (TPSA) is 73.2 Å². The molecule has 3 rings (SSSR count). The largest absolute Gasteiger partial charge is 0.465 e. The van der Waals surface area contributed by atoms with E-state index < -0.39 is 5.97 Å². The zero-order valence-electron chi connectivity index (χ0n) is 14.6. The lowest BCUT2D eigenvalue weighted by atomic mass is 10.1. The molecule has 132 valence electrons. The van der Waals surface area contributed by atoms with E-state index in [9.17, 15) is 9.59 Å². The Hall–Kier alpha value is -3.41. The number of nitrogens with zero attached hydrogens (tertiary/aromatic N) is 2. The number of esters is 1. The highest BCUT2D eigenvalue weighted by Gasteiger charge is 2.09. The number of hydrogen-bond acceptors (Lipinski definition) is 4. The standard InChI is InChI=1S/C20H19N3O3/c1-14-5-3-6-15(9-14)10-19(24)22-17-12-21-23(13-17)18-8-4-7-16(11-18)20(25)26-2/h3-9,11-13H,10H2,1-2H3,(H,22,24). The van der Waals surface area contributed by atoms with Crippen LogP contribution in [0.4, 0.5) is 5.69 Å². The molecule has 0 aliphatic carbocycles. The van der Waals surface area contributed by atoms with E-state index in [0.717, 1.165) is 11.1 Å². The van der Waals surface area contributed by atoms with Crippen LogP contribution in [-0.2, 0) is 16.0 Å². The van der Waals surface area contributed by atoms with Crippen LogP contribution >= 0.6 is 0 Å². The Morgan fingerprint density at radius 1 is 1.15 bits per heavy atom. The van der Waals surface area contributed by atoms with Crippen molar-refractivity contribution in [1.82, 2.24) is 9.78 Å². The molecule has 6 nitrogen and oxygen atoms in total. The molecule has 0 radical (unpaired) electrons. The van der Waals surface area contributed by atoms with E-state index in [1.165, 1.54) is 7.11 Å². The van der Waals surface area contributed by atoms with Crippen molar-refractivity contribution in [3.63, 3.8) is 0 Å². The number of carbonyl (C=O) groups excluding carboxylic acids is 2. The lowest BCUT2D eigenvalue weighted by Gasteiger charge is -2.05. The Morgan fingerprint density at radius 2 is 1.96 bits per heavy atom. The molecule has 1 aromatic heterocycles. The van der Waals surface area contributed by atoms with Gasteiger partial charge in [0.15, 0.2) is 0 Å². The molecule has 26 heavy (non-hydrogen) atoms. The second-order valence-corrected chi connectivity index (χ2v) is 5.93. The van der Waals surface area contributed by atoms with Gasteiger partial charge in [-0.1, -0.05) is 35.9 Å². The second-order valence-electron chi connectivity index (χ2n) is 5.93. The van der Waals surface area contributed by atoms with Crippen molar-refractivity contribution < 1.29 is 14.3 Å². The number of hydrogen-bond donors (Lipinski definition) is 1. The summed E-state index contributed by atoms with van der Waals surface area (Å²) in [7, 11) is 1.34. The summed E-state index contributed by atoms with van der Waals surface area (Å²) in [6, 6.07) is 14.8. The Kier molecular flexibility index (Phi) is 5.12. The highest BCUT2D eigenvalue weighted by Crippen LogP contribution is 2.15. The van der Waals surface area contributed by atoms with Crippen LogP contribution in [0.1, 0.15) is 21.5 Å². The minimum Gasteiger partial charge on any atom is -0.465 e. The molecule has 0 saturated heterocycles. The maximum Gasteiger partial charge on any atom is 0.337 e. The summed E-state index contributed by atoms with van der Waals surface area (Å²) in [6.45, 7) is 1.99. The molecule has 0 fully saturated rings. The molecule has 0 spiro atoms. The normalized spacial score (nSPS) is 10.4. The van der Waals surface area contributed by atoms with Gasteiger partial charge in [0.25, 0.3) is 0 Å². The molecule has 0 unspecified atom stereocenters. The van der Waals surface area contributed by atoms with Crippen molar-refractivity contribution in [1.29, 1.82) is 0 Å². The van der Waals surface area contributed by atoms with Crippen molar-refractivity contribution in [2.24, 2.45) is 0 Å². The zero-order chi connectivity index (χ0) is 18.5. The third kappa shape index (κ3) is 4.16. The number of nitrogens with one attached hydrogen (secondary N) is 1. The Bertz CT molecular complexity index is 947. The number of anilines is 1. The van der Waals surface area contributed by atoms with Gasteiger partial charge in [-0.05, 0) is 30.7 Å². The van der Waals surface area contributed by atoms with E-state index in [2.05, 4.69) is 10.4 Å². The van der Waals surface area contributed by atoms with Gasteiger partial charge < -0.3 is 10.1 Å². The first-order chi connectivity index (χ1) is 12.5. The van der Waals surface area contributed by atoms with Gasteiger partial charge in [0, 0.05) is 0 Å². The highest BCUT2D eigenvalue weighted by atomic mass is 16.5. The number of methoxy groups -OCH3 is 1. The van der Waals surface area contributed by atoms with E-state index in [0.29, 0.717) is 23.4 Å². The second kappa shape index (κ2) is 7.65. The van der Waals surface area contributed by atoms with E-state index >= 15 is 0 Å². The Labute approximate surface area is 151 Å². The number of carbonyl (C=O) groups is 2. The summed E-state index contributed by atoms with van der Waals surface area (Å²) in [6.07, 6.45) is 3.56. The van der Waals surface area contributed by atoms with Gasteiger partial charge in [0.05, 0.1) is 42.9 Å². The Morgan fingerprint density at radius 3 is 2.73 bits per heavy atom. The third-order valence-corrected chi connectivity index (χ3v) is 3.85. The fourth-order valence-electron chi connectivity index (χ4n) is 2.63. The average Bonchev–Trinajstić information content (AvgIpc) is 3.09. The smallest absolute Gasteiger partial charge is 0.337 e. The number of aryl methyl sites for hydroxylation is 1. The van der Waals surface area contributed by atoms with Crippen LogP contribution in [0.3, 0.4) is 0 Å². The van der Waals surface area contributed by atoms with E-state index in [1.807, 2.05) is 37.3 Å². The number of benzene rings is 2. The summed E-state index contributed by atoms with van der Waals surface area (Å²) >= 11 is 0. The predicted octanol–water partition coefficient (Wildman–Crippen LogP) is 3.15. The predicted molar refractivity (Wildman–Crippen MR) is 98.4 cm³/mol. The van der Waals surface area contributed by atoms with Gasteiger partial charge >= 0.3 is 5.97 Å². The van der Waals surface area contributed by atoms with Crippen LogP contribution in [0.25, 0.3) is 5.69 Å². The maximum absolute atomic E-state index is 12.2. The van der Waals surface area contributed by atoms with E-state index in [4.69, 9.17) is 4.74 Å². The highest BCUT2D eigenvalue weighted by molar-refractivity contribution is 5.92. The third-order valence-electron chi connectivity index (χ3n) is 3.85. The average molecular weight is 349 g/mol. The first-order valence-electron chi connectivity index (χ1n) is 8.14. The van der Waals surface area contributed by atoms with Crippen molar-refractivity contribution in [2.45, 2.75) is 13.3 Å². The van der Waals surface area contributed by atoms with Gasteiger partial charge in [-0.25, -0.2) is 9.48 Å². The summed E-state index contributed by atoms with van der Waals surface area (Å²) in [5.41, 5.74) is 3.80. The van der Waals surface area contributed by atoms with Crippen molar-refractivity contribution >= 4 is 17.6 Å². The first kappa shape index (κ1) is 17.4. The van der Waals surface area contributed by atoms with Crippen molar-refractivity contribution in [3.05, 3.63) is 77.6 Å². The van der Waals surface area contributed by atoms with Crippen molar-refractivity contribution in [2.75, 3.05) is 12.4 Å². The van der Waals surface area contributed by atoms with Crippen LogP contribution < -0.4 is 5.32 Å². The molecule has 6 heteroatoms. The number of aromatic nitrogens is 2. The van der Waals surface area contributed by atoms with Crippen LogP contribution in [0.15, 0.2) is 60.9 Å². The summed E-state index contributed by atoms with van der Waals surface area (Å²) in [5.74, 6) is -0.524. The molecular formula is C20H19N3O3. The molecule has 2 aromatic carbocycles. The van der Waals surface area contributed by atoms with Gasteiger partial charge in [0.1, 0.15) is 0 Å². The monoisotopic (exact) mass is 349 g/mol. The summed E-state index contributed by atoms with van der Waals surface area (Å²) in [4.78, 5) is 23.8. The molecule has 0 atom stereocenters. The molecule has 3 aromatic rings. The number of ether oxygens (including phenoxy) is 1. The van der Waals surface area contributed by atoms with Crippen LogP contribution in [0.2, 0.25) is 0 Å². The summed E-state index contributed by atoms with van der Waals surface area (Å²) in [5, 5.41) is 7.07. The van der Waals surface area contributed by atoms with Crippen LogP contribution in [0.5, 0.6) is 0 Å². The van der Waals surface area contributed by atoms with Gasteiger partial charge in [0.2, 0.25) is 5.91 Å². The molecular weight excluding hydrogens is 330 g/mol. The Balaban J connectivity index is 1.70. The fourth-order valence-corrected chi connectivity index (χ4v) is 2.63. The van der Waals surface area contributed by atoms with Crippen LogP contribution in [0, 0.1) is 6.92 Å². The molecule has 1 N–H and O–H groups in total. The van der Waals surface area contributed by atoms with Crippen LogP contribution in [-0.4, -0.2) is 28.8 Å². The quantitative estimate of drug-likeness (QED) is 0.718. The summed E-state index contributed by atoms with van der Waals surface area (Å²) < 4.78 is 6.32. The lowest BCUT2D eigenvalue weighted by molar-refractivity contribution is -0.115. The molecule has 0 bridgehead atoms. The first-order valence-corrected chi connectivity index (χ1v) is 8.14. The molecule has 1 amide bonds. The molecule has 0 saturated carbocycles. The van der Waals surface area contributed by atoms with Gasteiger partial charge in [-0.2, -0.15) is 5.10 Å². The van der Waals surface area contributed by atoms with Gasteiger partial charge in [-0.15, -0.1) is 0 Å². The van der Waals surface area contributed by atoms with Crippen molar-refractivity contribution in [3.8, 4) is 5.69 Å². The fraction of sp³-hybridized carbons (Fsp3) is 0.150. The van der Waals surface area contributed by atoms with Gasteiger partial charge in [-0.3, -0.25) is 4.79 Å². The maximum atomic E-state index is 12.2.